The van der Waals surface area contributed by atoms with E-state index in [0.29, 0.717) is 28.2 Å². The highest BCUT2D eigenvalue weighted by atomic mass is 35.5. The van der Waals surface area contributed by atoms with Gasteiger partial charge < -0.3 is 19.9 Å². The smallest absolute Gasteiger partial charge is 0.234 e. The van der Waals surface area contributed by atoms with E-state index in [-0.39, 0.29) is 11.7 Å². The Morgan fingerprint density at radius 3 is 2.68 bits per heavy atom. The predicted octanol–water partition coefficient (Wildman–Crippen LogP) is 3.82. The first-order chi connectivity index (χ1) is 13.6. The number of carbonyl (C=O) groups is 1. The van der Waals surface area contributed by atoms with E-state index >= 15 is 0 Å². The molecule has 0 fully saturated rings. The zero-order chi connectivity index (χ0) is 19.9. The van der Waals surface area contributed by atoms with Crippen molar-refractivity contribution in [3.05, 3.63) is 59.4 Å². The number of nitrogens with zero attached hydrogens (tertiary/aromatic N) is 3. The summed E-state index contributed by atoms with van der Waals surface area (Å²) < 4.78 is 7.10. The van der Waals surface area contributed by atoms with E-state index in [1.807, 2.05) is 48.0 Å². The Labute approximate surface area is 172 Å². The van der Waals surface area contributed by atoms with Crippen LogP contribution in [-0.2, 0) is 18.4 Å². The lowest BCUT2D eigenvalue weighted by Gasteiger charge is -2.09. The van der Waals surface area contributed by atoms with E-state index < -0.39 is 0 Å². The largest absolute Gasteiger partial charge is 0.495 e. The predicted molar refractivity (Wildman–Crippen MR) is 112 cm³/mol. The second kappa shape index (κ2) is 9.48. The van der Waals surface area contributed by atoms with Gasteiger partial charge in [-0.3, -0.25) is 4.79 Å². The van der Waals surface area contributed by atoms with Gasteiger partial charge in [-0.25, -0.2) is 0 Å². The molecule has 9 heteroatoms. The van der Waals surface area contributed by atoms with Crippen molar-refractivity contribution < 1.29 is 9.53 Å². The van der Waals surface area contributed by atoms with Crippen molar-refractivity contribution in [2.75, 3.05) is 23.5 Å². The lowest BCUT2D eigenvalue weighted by molar-refractivity contribution is -0.113. The third-order valence-corrected chi connectivity index (χ3v) is 5.21. The van der Waals surface area contributed by atoms with Gasteiger partial charge in [0.15, 0.2) is 11.0 Å². The van der Waals surface area contributed by atoms with Crippen LogP contribution in [0.1, 0.15) is 5.82 Å². The van der Waals surface area contributed by atoms with Crippen LogP contribution < -0.4 is 15.4 Å². The van der Waals surface area contributed by atoms with E-state index in [1.54, 1.807) is 19.2 Å². The standard InChI is InChI=1S/C19H20ClN5O2S/c1-25-17(11-21-14-9-7-13(20)8-10-14)23-24-19(25)28-12-18(26)22-15-5-3-4-6-16(15)27-2/h3-10,21H,11-12H2,1-2H3,(H,22,26). The van der Waals surface area contributed by atoms with Gasteiger partial charge in [0.05, 0.1) is 25.1 Å². The maximum absolute atomic E-state index is 12.2. The minimum atomic E-state index is -0.140. The SMILES string of the molecule is COc1ccccc1NC(=O)CSc1nnc(CNc2ccc(Cl)cc2)n1C. The molecule has 7 nitrogen and oxygen atoms in total. The summed E-state index contributed by atoms with van der Waals surface area (Å²) in [5.74, 6) is 1.46. The van der Waals surface area contributed by atoms with E-state index in [1.165, 1.54) is 11.8 Å². The lowest BCUT2D eigenvalue weighted by atomic mass is 10.3. The van der Waals surface area contributed by atoms with Crippen molar-refractivity contribution in [1.29, 1.82) is 0 Å². The molecular formula is C19H20ClN5O2S. The molecule has 0 saturated heterocycles. The Bertz CT molecular complexity index is 946. The molecule has 0 spiro atoms. The first kappa shape index (κ1) is 20.0. The second-order valence-corrected chi connectivity index (χ2v) is 7.23. The summed E-state index contributed by atoms with van der Waals surface area (Å²) in [6.45, 7) is 0.513. The highest BCUT2D eigenvalue weighted by Crippen LogP contribution is 2.24. The Morgan fingerprint density at radius 1 is 1.18 bits per heavy atom. The zero-order valence-electron chi connectivity index (χ0n) is 15.5. The Morgan fingerprint density at radius 2 is 1.93 bits per heavy atom. The van der Waals surface area contributed by atoms with Gasteiger partial charge >= 0.3 is 0 Å². The summed E-state index contributed by atoms with van der Waals surface area (Å²) in [7, 11) is 3.44. The fraction of sp³-hybridized carbons (Fsp3) is 0.211. The number of carbonyl (C=O) groups excluding carboxylic acids is 1. The van der Waals surface area contributed by atoms with Gasteiger partial charge in [0.2, 0.25) is 5.91 Å². The molecule has 0 aliphatic rings. The summed E-state index contributed by atoms with van der Waals surface area (Å²) >= 11 is 7.21. The van der Waals surface area contributed by atoms with Gasteiger partial charge in [-0.05, 0) is 36.4 Å². The number of nitrogens with one attached hydrogen (secondary N) is 2. The third-order valence-electron chi connectivity index (χ3n) is 3.93. The third kappa shape index (κ3) is 5.17. The number of benzene rings is 2. The average Bonchev–Trinajstić information content (AvgIpc) is 3.06. The molecular weight excluding hydrogens is 398 g/mol. The summed E-state index contributed by atoms with van der Waals surface area (Å²) in [5, 5.41) is 15.8. The van der Waals surface area contributed by atoms with Crippen LogP contribution in [0.4, 0.5) is 11.4 Å². The van der Waals surface area contributed by atoms with Crippen molar-refractivity contribution in [2.24, 2.45) is 7.05 Å². The maximum atomic E-state index is 12.2. The average molecular weight is 418 g/mol. The normalized spacial score (nSPS) is 10.5. The first-order valence-corrected chi connectivity index (χ1v) is 9.86. The molecule has 0 unspecified atom stereocenters. The fourth-order valence-corrected chi connectivity index (χ4v) is 3.29. The Hall–Kier alpha value is -2.71. The van der Waals surface area contributed by atoms with Crippen molar-refractivity contribution in [2.45, 2.75) is 11.7 Å². The number of methoxy groups -OCH3 is 1. The molecule has 0 radical (unpaired) electrons. The molecule has 3 aromatic rings. The van der Waals surface area contributed by atoms with Crippen LogP contribution in [-0.4, -0.2) is 33.5 Å². The minimum Gasteiger partial charge on any atom is -0.495 e. The summed E-state index contributed by atoms with van der Waals surface area (Å²) in [4.78, 5) is 12.2. The quantitative estimate of drug-likeness (QED) is 0.542. The van der Waals surface area contributed by atoms with E-state index in [2.05, 4.69) is 20.8 Å². The lowest BCUT2D eigenvalue weighted by Crippen LogP contribution is -2.15. The molecule has 0 atom stereocenters. The summed E-state index contributed by atoms with van der Waals surface area (Å²) in [6, 6.07) is 14.7. The topological polar surface area (TPSA) is 81.1 Å². The highest BCUT2D eigenvalue weighted by Gasteiger charge is 2.12. The number of hydrogen-bond acceptors (Lipinski definition) is 6. The van der Waals surface area contributed by atoms with Gasteiger partial charge in [0, 0.05) is 17.8 Å². The first-order valence-electron chi connectivity index (χ1n) is 8.50. The van der Waals surface area contributed by atoms with Gasteiger partial charge in [0.1, 0.15) is 5.75 Å². The molecule has 0 aliphatic heterocycles. The fourth-order valence-electron chi connectivity index (χ4n) is 2.44. The molecule has 2 N–H and O–H groups in total. The summed E-state index contributed by atoms with van der Waals surface area (Å²) in [5.41, 5.74) is 1.58. The van der Waals surface area contributed by atoms with Gasteiger partial charge in [-0.15, -0.1) is 10.2 Å². The van der Waals surface area contributed by atoms with E-state index in [4.69, 9.17) is 16.3 Å². The van der Waals surface area contributed by atoms with E-state index in [9.17, 15) is 4.79 Å². The minimum absolute atomic E-state index is 0.140. The molecule has 3 rings (SSSR count). The van der Waals surface area contributed by atoms with Crippen LogP contribution in [0.3, 0.4) is 0 Å². The molecule has 2 aromatic carbocycles. The van der Waals surface area contributed by atoms with Crippen molar-refractivity contribution in [3.8, 4) is 5.75 Å². The number of rotatable bonds is 8. The van der Waals surface area contributed by atoms with Gasteiger partial charge in [-0.1, -0.05) is 35.5 Å². The summed E-state index contributed by atoms with van der Waals surface area (Å²) in [6.07, 6.45) is 0. The van der Waals surface area contributed by atoms with Crippen molar-refractivity contribution in [3.63, 3.8) is 0 Å². The van der Waals surface area contributed by atoms with Gasteiger partial charge in [-0.2, -0.15) is 0 Å². The van der Waals surface area contributed by atoms with Crippen LogP contribution in [0.2, 0.25) is 5.02 Å². The van der Waals surface area contributed by atoms with Crippen molar-refractivity contribution in [1.82, 2.24) is 14.8 Å². The zero-order valence-corrected chi connectivity index (χ0v) is 17.0. The number of aromatic nitrogens is 3. The number of thioether (sulfide) groups is 1. The number of halogens is 1. The van der Waals surface area contributed by atoms with E-state index in [0.717, 1.165) is 11.5 Å². The van der Waals surface area contributed by atoms with Crippen LogP contribution in [0.15, 0.2) is 53.7 Å². The maximum Gasteiger partial charge on any atom is 0.234 e. The van der Waals surface area contributed by atoms with Gasteiger partial charge in [0.25, 0.3) is 0 Å². The monoisotopic (exact) mass is 417 g/mol. The second-order valence-electron chi connectivity index (χ2n) is 5.86. The van der Waals surface area contributed by atoms with Crippen LogP contribution in [0, 0.1) is 0 Å². The molecule has 1 heterocycles. The Balaban J connectivity index is 1.53. The molecule has 1 amide bonds. The molecule has 28 heavy (non-hydrogen) atoms. The number of anilines is 2. The number of amides is 1. The molecule has 0 bridgehead atoms. The molecule has 0 aliphatic carbocycles. The van der Waals surface area contributed by atoms with Crippen LogP contribution >= 0.6 is 23.4 Å². The molecule has 146 valence electrons. The van der Waals surface area contributed by atoms with Crippen LogP contribution in [0.5, 0.6) is 5.75 Å². The Kier molecular flexibility index (Phi) is 6.78. The molecule has 0 saturated carbocycles. The number of para-hydroxylation sites is 2. The highest BCUT2D eigenvalue weighted by molar-refractivity contribution is 7.99. The number of hydrogen-bond donors (Lipinski definition) is 2. The number of ether oxygens (including phenoxy) is 1. The molecule has 1 aromatic heterocycles. The van der Waals surface area contributed by atoms with Crippen molar-refractivity contribution >= 4 is 40.6 Å². The van der Waals surface area contributed by atoms with Crippen LogP contribution in [0.25, 0.3) is 0 Å².